The van der Waals surface area contributed by atoms with Crippen LogP contribution in [0.15, 0.2) is 24.3 Å². The molecule has 16 heavy (non-hydrogen) atoms. The molecule has 0 spiro atoms. The lowest BCUT2D eigenvalue weighted by molar-refractivity contribution is 0.262. The Hall–Kier alpha value is -1.02. The van der Waals surface area contributed by atoms with Crippen molar-refractivity contribution in [1.82, 2.24) is 5.32 Å². The second-order valence-electron chi connectivity index (χ2n) is 4.50. The van der Waals surface area contributed by atoms with Gasteiger partial charge in [-0.25, -0.2) is 0 Å². The van der Waals surface area contributed by atoms with Gasteiger partial charge in [0.2, 0.25) is 0 Å². The fraction of sp³-hybridized carbons (Fsp3) is 0.571. The lowest BCUT2D eigenvalue weighted by Gasteiger charge is -2.19. The van der Waals surface area contributed by atoms with Crippen LogP contribution in [-0.4, -0.2) is 18.7 Å². The number of benzene rings is 1. The summed E-state index contributed by atoms with van der Waals surface area (Å²) in [5.41, 5.74) is 1.26. The lowest BCUT2D eigenvalue weighted by atomic mass is 10.2. The summed E-state index contributed by atoms with van der Waals surface area (Å²) < 4.78 is 5.71. The molecule has 0 aromatic heterocycles. The Morgan fingerprint density at radius 1 is 1.12 bits per heavy atom. The second-order valence-corrected chi connectivity index (χ2v) is 4.50. The molecule has 0 radical (unpaired) electrons. The number of ether oxygens (including phenoxy) is 1. The Bertz CT molecular complexity index is 294. The first-order chi connectivity index (χ1) is 7.61. The highest BCUT2D eigenvalue weighted by molar-refractivity contribution is 5.26. The van der Waals surface area contributed by atoms with Crippen LogP contribution in [-0.2, 0) is 0 Å². The van der Waals surface area contributed by atoms with E-state index in [1.807, 2.05) is 12.1 Å². The molecule has 1 N–H and O–H groups in total. The van der Waals surface area contributed by atoms with E-state index in [0.29, 0.717) is 18.7 Å². The van der Waals surface area contributed by atoms with Crippen molar-refractivity contribution in [2.45, 2.75) is 46.2 Å². The van der Waals surface area contributed by atoms with Crippen molar-refractivity contribution in [1.29, 1.82) is 0 Å². The third-order valence-corrected chi connectivity index (χ3v) is 2.70. The zero-order chi connectivity index (χ0) is 12.0. The maximum Gasteiger partial charge on any atom is 0.119 e. The summed E-state index contributed by atoms with van der Waals surface area (Å²) in [4.78, 5) is 0. The van der Waals surface area contributed by atoms with Crippen molar-refractivity contribution in [3.63, 3.8) is 0 Å². The molecule has 0 aliphatic carbocycles. The zero-order valence-corrected chi connectivity index (χ0v) is 10.8. The minimum Gasteiger partial charge on any atom is -0.492 e. The Morgan fingerprint density at radius 3 is 2.31 bits per heavy atom. The monoisotopic (exact) mass is 221 g/mol. The number of aryl methyl sites for hydroxylation is 1. The lowest BCUT2D eigenvalue weighted by Crippen LogP contribution is -2.37. The number of hydrogen-bond donors (Lipinski definition) is 1. The van der Waals surface area contributed by atoms with Gasteiger partial charge in [0.05, 0.1) is 0 Å². The molecule has 0 heterocycles. The highest BCUT2D eigenvalue weighted by Gasteiger charge is 2.05. The highest BCUT2D eigenvalue weighted by Crippen LogP contribution is 2.11. The van der Waals surface area contributed by atoms with Crippen LogP contribution in [0.4, 0.5) is 0 Å². The van der Waals surface area contributed by atoms with Crippen molar-refractivity contribution in [3.8, 4) is 5.75 Å². The molecule has 0 bridgehead atoms. The van der Waals surface area contributed by atoms with E-state index in [0.717, 1.165) is 12.2 Å². The van der Waals surface area contributed by atoms with Gasteiger partial charge < -0.3 is 10.1 Å². The van der Waals surface area contributed by atoms with E-state index >= 15 is 0 Å². The maximum absolute atomic E-state index is 5.71. The molecule has 0 aliphatic rings. The normalized spacial score (nSPS) is 14.5. The van der Waals surface area contributed by atoms with Gasteiger partial charge in [-0.2, -0.15) is 0 Å². The molecule has 2 unspecified atom stereocenters. The van der Waals surface area contributed by atoms with E-state index < -0.39 is 0 Å². The van der Waals surface area contributed by atoms with E-state index in [9.17, 15) is 0 Å². The topological polar surface area (TPSA) is 21.3 Å². The molecule has 0 fully saturated rings. The van der Waals surface area contributed by atoms with Gasteiger partial charge in [-0.05, 0) is 39.3 Å². The predicted octanol–water partition coefficient (Wildman–Crippen LogP) is 3.15. The average molecular weight is 221 g/mol. The van der Waals surface area contributed by atoms with Gasteiger partial charge in [0.1, 0.15) is 12.4 Å². The summed E-state index contributed by atoms with van der Waals surface area (Å²) in [6.07, 6.45) is 1.15. The third kappa shape index (κ3) is 4.67. The quantitative estimate of drug-likeness (QED) is 0.796. The van der Waals surface area contributed by atoms with E-state index in [4.69, 9.17) is 4.74 Å². The summed E-state index contributed by atoms with van der Waals surface area (Å²) in [6.45, 7) is 9.33. The Balaban J connectivity index is 2.31. The molecule has 1 rings (SSSR count). The van der Waals surface area contributed by atoms with E-state index in [2.05, 4.69) is 45.1 Å². The molecule has 90 valence electrons. The number of nitrogens with one attached hydrogen (secondary N) is 1. The highest BCUT2D eigenvalue weighted by atomic mass is 16.5. The fourth-order valence-electron chi connectivity index (χ4n) is 1.51. The molecule has 1 aromatic carbocycles. The second kappa shape index (κ2) is 6.54. The number of rotatable bonds is 6. The minimum atomic E-state index is 0.385. The smallest absolute Gasteiger partial charge is 0.119 e. The van der Waals surface area contributed by atoms with Gasteiger partial charge in [0, 0.05) is 12.1 Å². The molecule has 0 amide bonds. The van der Waals surface area contributed by atoms with Gasteiger partial charge in [-0.1, -0.05) is 24.6 Å². The van der Waals surface area contributed by atoms with Crippen molar-refractivity contribution in [2.75, 3.05) is 6.61 Å². The van der Waals surface area contributed by atoms with Gasteiger partial charge in [0.25, 0.3) is 0 Å². The van der Waals surface area contributed by atoms with E-state index in [1.54, 1.807) is 0 Å². The summed E-state index contributed by atoms with van der Waals surface area (Å²) in [6, 6.07) is 9.12. The van der Waals surface area contributed by atoms with Crippen LogP contribution in [0.1, 0.15) is 32.8 Å². The molecule has 0 aliphatic heterocycles. The molecular formula is C14H23NO. The fourth-order valence-corrected chi connectivity index (χ4v) is 1.51. The van der Waals surface area contributed by atoms with Gasteiger partial charge in [-0.3, -0.25) is 0 Å². The number of hydrogen-bond acceptors (Lipinski definition) is 2. The maximum atomic E-state index is 5.71. The average Bonchev–Trinajstić information content (AvgIpc) is 2.28. The van der Waals surface area contributed by atoms with E-state index in [1.165, 1.54) is 5.56 Å². The van der Waals surface area contributed by atoms with Gasteiger partial charge in [-0.15, -0.1) is 0 Å². The minimum absolute atomic E-state index is 0.385. The van der Waals surface area contributed by atoms with Crippen molar-refractivity contribution in [2.24, 2.45) is 0 Å². The Labute approximate surface area is 99.0 Å². The van der Waals surface area contributed by atoms with Crippen LogP contribution in [0.25, 0.3) is 0 Å². The SMILES string of the molecule is CCC(C)NC(C)COc1ccc(C)cc1. The standard InChI is InChI=1S/C14H23NO/c1-5-12(3)15-13(4)10-16-14-8-6-11(2)7-9-14/h6-9,12-13,15H,5,10H2,1-4H3. The Kier molecular flexibility index (Phi) is 5.33. The van der Waals surface area contributed by atoms with Crippen LogP contribution in [0.5, 0.6) is 5.75 Å². The summed E-state index contributed by atoms with van der Waals surface area (Å²) in [7, 11) is 0. The first-order valence-electron chi connectivity index (χ1n) is 6.07. The van der Waals surface area contributed by atoms with Crippen LogP contribution in [0.2, 0.25) is 0 Å². The van der Waals surface area contributed by atoms with Crippen LogP contribution >= 0.6 is 0 Å². The molecule has 1 aromatic rings. The van der Waals surface area contributed by atoms with Crippen molar-refractivity contribution < 1.29 is 4.74 Å². The predicted molar refractivity (Wildman–Crippen MR) is 69.0 cm³/mol. The third-order valence-electron chi connectivity index (χ3n) is 2.70. The summed E-state index contributed by atoms with van der Waals surface area (Å²) >= 11 is 0. The van der Waals surface area contributed by atoms with Crippen LogP contribution in [0.3, 0.4) is 0 Å². The van der Waals surface area contributed by atoms with Crippen molar-refractivity contribution in [3.05, 3.63) is 29.8 Å². The Morgan fingerprint density at radius 2 is 1.75 bits per heavy atom. The van der Waals surface area contributed by atoms with Crippen LogP contribution in [0, 0.1) is 6.92 Å². The molecule has 2 nitrogen and oxygen atoms in total. The molecular weight excluding hydrogens is 198 g/mol. The summed E-state index contributed by atoms with van der Waals surface area (Å²) in [5.74, 6) is 0.948. The zero-order valence-electron chi connectivity index (χ0n) is 10.8. The molecule has 2 atom stereocenters. The van der Waals surface area contributed by atoms with Crippen molar-refractivity contribution >= 4 is 0 Å². The first-order valence-corrected chi connectivity index (χ1v) is 6.07. The van der Waals surface area contributed by atoms with Gasteiger partial charge in [0.15, 0.2) is 0 Å². The first kappa shape index (κ1) is 13.0. The summed E-state index contributed by atoms with van der Waals surface area (Å²) in [5, 5.41) is 3.49. The van der Waals surface area contributed by atoms with E-state index in [-0.39, 0.29) is 0 Å². The van der Waals surface area contributed by atoms with Gasteiger partial charge >= 0.3 is 0 Å². The molecule has 0 saturated carbocycles. The van der Waals surface area contributed by atoms with Crippen LogP contribution < -0.4 is 10.1 Å². The largest absolute Gasteiger partial charge is 0.492 e. The molecule has 0 saturated heterocycles. The molecule has 2 heteroatoms.